The minimum absolute atomic E-state index is 0.231. The van der Waals surface area contributed by atoms with Crippen molar-refractivity contribution in [2.45, 2.75) is 57.4 Å². The number of nitrogens with zero attached hydrogens (tertiary/aromatic N) is 2. The van der Waals surface area contributed by atoms with Crippen molar-refractivity contribution in [1.82, 2.24) is 15.1 Å². The van der Waals surface area contributed by atoms with Crippen LogP contribution in [-0.4, -0.2) is 33.9 Å². The van der Waals surface area contributed by atoms with Crippen molar-refractivity contribution in [1.29, 1.82) is 0 Å². The summed E-state index contributed by atoms with van der Waals surface area (Å²) >= 11 is 2.08. The van der Waals surface area contributed by atoms with Crippen LogP contribution in [0, 0.1) is 0 Å². The third kappa shape index (κ3) is 2.98. The summed E-state index contributed by atoms with van der Waals surface area (Å²) in [6.45, 7) is 8.64. The second-order valence-corrected chi connectivity index (χ2v) is 7.21. The topological polar surface area (TPSA) is 39.1 Å². The van der Waals surface area contributed by atoms with Gasteiger partial charge in [0.1, 0.15) is 0 Å². The Morgan fingerprint density at radius 2 is 2.35 bits per heavy atom. The van der Waals surface area contributed by atoms with Crippen LogP contribution in [-0.2, 0) is 6.54 Å². The van der Waals surface area contributed by atoms with E-state index in [1.807, 2.05) is 6.20 Å². The number of aromatic nitrogens is 2. The summed E-state index contributed by atoms with van der Waals surface area (Å²) in [5, 5.41) is 8.20. The summed E-state index contributed by atoms with van der Waals surface area (Å²) < 4.78 is 7.92. The standard InChI is InChI=1S/C15H27N3OS/c1-5-9-18-13(12(19-4)11-17-18)14(16-6-2)15(3)8-7-10-20-15/h11,14,16H,5-10H2,1-4H3. The van der Waals surface area contributed by atoms with Crippen LogP contribution in [0.2, 0.25) is 0 Å². The molecule has 4 nitrogen and oxygen atoms in total. The molecule has 1 aromatic rings. The lowest BCUT2D eigenvalue weighted by molar-refractivity contribution is 0.357. The van der Waals surface area contributed by atoms with E-state index in [4.69, 9.17) is 4.74 Å². The lowest BCUT2D eigenvalue weighted by atomic mass is 9.93. The van der Waals surface area contributed by atoms with Crippen molar-refractivity contribution in [3.8, 4) is 5.75 Å². The first kappa shape index (κ1) is 15.7. The summed E-state index contributed by atoms with van der Waals surface area (Å²) in [7, 11) is 1.74. The Bertz CT molecular complexity index is 427. The second-order valence-electron chi connectivity index (χ2n) is 5.58. The van der Waals surface area contributed by atoms with Crippen molar-refractivity contribution >= 4 is 11.8 Å². The molecule has 2 atom stereocenters. The molecule has 1 saturated heterocycles. The number of hydrogen-bond donors (Lipinski definition) is 1. The minimum atomic E-state index is 0.231. The summed E-state index contributed by atoms with van der Waals surface area (Å²) in [5.41, 5.74) is 1.22. The molecule has 1 fully saturated rings. The van der Waals surface area contributed by atoms with E-state index in [9.17, 15) is 0 Å². The predicted molar refractivity (Wildman–Crippen MR) is 85.6 cm³/mol. The number of ether oxygens (including phenoxy) is 1. The summed E-state index contributed by atoms with van der Waals surface area (Å²) in [4.78, 5) is 0. The van der Waals surface area contributed by atoms with E-state index >= 15 is 0 Å². The van der Waals surface area contributed by atoms with Crippen LogP contribution in [0.4, 0.5) is 0 Å². The highest BCUT2D eigenvalue weighted by atomic mass is 32.2. The monoisotopic (exact) mass is 297 g/mol. The summed E-state index contributed by atoms with van der Waals surface area (Å²) in [6.07, 6.45) is 5.49. The Morgan fingerprint density at radius 3 is 2.90 bits per heavy atom. The van der Waals surface area contributed by atoms with Gasteiger partial charge < -0.3 is 10.1 Å². The van der Waals surface area contributed by atoms with E-state index in [0.29, 0.717) is 6.04 Å². The Balaban J connectivity index is 2.39. The van der Waals surface area contributed by atoms with E-state index < -0.39 is 0 Å². The van der Waals surface area contributed by atoms with Crippen molar-refractivity contribution in [3.63, 3.8) is 0 Å². The first-order valence-electron chi connectivity index (χ1n) is 7.63. The van der Waals surface area contributed by atoms with Gasteiger partial charge in [0.05, 0.1) is 25.0 Å². The maximum Gasteiger partial charge on any atom is 0.161 e. The molecular weight excluding hydrogens is 270 g/mol. The van der Waals surface area contributed by atoms with Gasteiger partial charge in [-0.15, -0.1) is 0 Å². The van der Waals surface area contributed by atoms with E-state index in [2.05, 4.69) is 47.6 Å². The van der Waals surface area contributed by atoms with Gasteiger partial charge >= 0.3 is 0 Å². The van der Waals surface area contributed by atoms with Gasteiger partial charge in [-0.3, -0.25) is 4.68 Å². The molecule has 0 amide bonds. The normalized spacial score (nSPS) is 24.0. The van der Waals surface area contributed by atoms with E-state index in [-0.39, 0.29) is 4.75 Å². The highest BCUT2D eigenvalue weighted by Gasteiger charge is 2.41. The van der Waals surface area contributed by atoms with Crippen LogP contribution in [0.1, 0.15) is 51.8 Å². The molecule has 0 bridgehead atoms. The van der Waals surface area contributed by atoms with Gasteiger partial charge in [0, 0.05) is 11.3 Å². The number of nitrogens with one attached hydrogen (secondary N) is 1. The zero-order valence-electron chi connectivity index (χ0n) is 13.1. The lowest BCUT2D eigenvalue weighted by Crippen LogP contribution is -2.39. The quantitative estimate of drug-likeness (QED) is 0.838. The first-order chi connectivity index (χ1) is 9.66. The van der Waals surface area contributed by atoms with E-state index in [1.165, 1.54) is 24.3 Å². The van der Waals surface area contributed by atoms with Crippen LogP contribution in [0.25, 0.3) is 0 Å². The van der Waals surface area contributed by atoms with Gasteiger partial charge in [-0.2, -0.15) is 16.9 Å². The molecule has 5 heteroatoms. The number of rotatable bonds is 7. The van der Waals surface area contributed by atoms with Crippen LogP contribution in [0.3, 0.4) is 0 Å². The Kier molecular flexibility index (Phi) is 5.38. The number of thioether (sulfide) groups is 1. The lowest BCUT2D eigenvalue weighted by Gasteiger charge is -2.34. The highest BCUT2D eigenvalue weighted by molar-refractivity contribution is 8.00. The third-order valence-electron chi connectivity index (χ3n) is 4.04. The Labute approximate surface area is 126 Å². The van der Waals surface area contributed by atoms with Gasteiger partial charge in [0.2, 0.25) is 0 Å². The van der Waals surface area contributed by atoms with Gasteiger partial charge in [-0.25, -0.2) is 0 Å². The van der Waals surface area contributed by atoms with Crippen molar-refractivity contribution in [3.05, 3.63) is 11.9 Å². The smallest absolute Gasteiger partial charge is 0.161 e. The first-order valence-corrected chi connectivity index (χ1v) is 8.61. The maximum absolute atomic E-state index is 5.57. The third-order valence-corrected chi connectivity index (χ3v) is 5.63. The minimum Gasteiger partial charge on any atom is -0.493 e. The average molecular weight is 297 g/mol. The SMILES string of the molecule is CCCn1ncc(OC)c1C(NCC)C1(C)CCCS1. The fourth-order valence-corrected chi connectivity index (χ4v) is 4.46. The zero-order valence-corrected chi connectivity index (χ0v) is 13.9. The molecule has 0 aromatic carbocycles. The molecule has 0 saturated carbocycles. The molecule has 2 unspecified atom stereocenters. The summed E-state index contributed by atoms with van der Waals surface area (Å²) in [6, 6.07) is 0.295. The second kappa shape index (κ2) is 6.85. The molecule has 1 aliphatic rings. The van der Waals surface area contributed by atoms with Crippen LogP contribution >= 0.6 is 11.8 Å². The Hall–Kier alpha value is -0.680. The van der Waals surface area contributed by atoms with Gasteiger partial charge in [0.25, 0.3) is 0 Å². The molecule has 1 N–H and O–H groups in total. The largest absolute Gasteiger partial charge is 0.493 e. The van der Waals surface area contributed by atoms with Gasteiger partial charge in [-0.05, 0) is 38.5 Å². The van der Waals surface area contributed by atoms with Crippen LogP contribution in [0.15, 0.2) is 6.20 Å². The van der Waals surface area contributed by atoms with Crippen LogP contribution < -0.4 is 10.1 Å². The summed E-state index contributed by atoms with van der Waals surface area (Å²) in [5.74, 6) is 2.17. The molecule has 2 heterocycles. The Morgan fingerprint density at radius 1 is 1.55 bits per heavy atom. The number of aryl methyl sites for hydroxylation is 1. The van der Waals surface area contributed by atoms with Crippen molar-refractivity contribution in [2.24, 2.45) is 0 Å². The van der Waals surface area contributed by atoms with E-state index in [1.54, 1.807) is 7.11 Å². The molecule has 20 heavy (non-hydrogen) atoms. The molecule has 0 radical (unpaired) electrons. The molecule has 2 rings (SSSR count). The zero-order chi connectivity index (χ0) is 14.6. The maximum atomic E-state index is 5.57. The molecule has 1 aliphatic heterocycles. The molecule has 114 valence electrons. The molecular formula is C15H27N3OS. The van der Waals surface area contributed by atoms with Crippen LogP contribution in [0.5, 0.6) is 5.75 Å². The van der Waals surface area contributed by atoms with Crippen molar-refractivity contribution < 1.29 is 4.74 Å². The van der Waals surface area contributed by atoms with Crippen molar-refractivity contribution in [2.75, 3.05) is 19.4 Å². The van der Waals surface area contributed by atoms with Gasteiger partial charge in [0.15, 0.2) is 5.75 Å². The molecule has 0 aliphatic carbocycles. The van der Waals surface area contributed by atoms with E-state index in [0.717, 1.165) is 25.3 Å². The fourth-order valence-electron chi connectivity index (χ4n) is 3.05. The molecule has 0 spiro atoms. The molecule has 1 aromatic heterocycles. The fraction of sp³-hybridized carbons (Fsp3) is 0.800. The highest BCUT2D eigenvalue weighted by Crippen LogP contribution is 2.48. The van der Waals surface area contributed by atoms with Gasteiger partial charge in [-0.1, -0.05) is 13.8 Å². The number of hydrogen-bond acceptors (Lipinski definition) is 4. The average Bonchev–Trinajstić information content (AvgIpc) is 3.04. The number of methoxy groups -OCH3 is 1. The predicted octanol–water partition coefficient (Wildman–Crippen LogP) is 3.24.